The topological polar surface area (TPSA) is 80.1 Å². The van der Waals surface area contributed by atoms with Crippen molar-refractivity contribution in [2.24, 2.45) is 5.92 Å². The molecule has 1 aliphatic rings. The summed E-state index contributed by atoms with van der Waals surface area (Å²) in [5.74, 6) is 0.403. The molecule has 8 heteroatoms. The molecule has 1 saturated heterocycles. The highest BCUT2D eigenvalue weighted by Crippen LogP contribution is 2.20. The predicted octanol–water partition coefficient (Wildman–Crippen LogP) is 1.66. The maximum absolute atomic E-state index is 12.4. The number of benzene rings is 1. The number of nitrogens with zero attached hydrogens (tertiary/aromatic N) is 4. The van der Waals surface area contributed by atoms with E-state index in [1.165, 1.54) is 10.6 Å². The summed E-state index contributed by atoms with van der Waals surface area (Å²) >= 11 is 0. The summed E-state index contributed by atoms with van der Waals surface area (Å²) in [6.07, 6.45) is 5.04. The molecule has 0 spiro atoms. The zero-order valence-electron chi connectivity index (χ0n) is 12.4. The molecule has 0 saturated carbocycles. The molecule has 1 aliphatic heterocycles. The van der Waals surface area contributed by atoms with Crippen LogP contribution in [0.2, 0.25) is 0 Å². The van der Waals surface area contributed by atoms with Crippen LogP contribution in [0.1, 0.15) is 19.8 Å². The molecule has 0 unspecified atom stereocenters. The molecule has 0 radical (unpaired) electrons. The zero-order chi connectivity index (χ0) is 15.6. The Kier molecular flexibility index (Phi) is 4.12. The summed E-state index contributed by atoms with van der Waals surface area (Å²) in [6.45, 7) is 3.23. The number of nitrogens with one attached hydrogen (secondary N) is 1. The highest BCUT2D eigenvalue weighted by atomic mass is 32.2. The van der Waals surface area contributed by atoms with Gasteiger partial charge in [0.05, 0.1) is 5.69 Å². The Morgan fingerprint density at radius 3 is 2.68 bits per heavy atom. The third kappa shape index (κ3) is 3.28. The van der Waals surface area contributed by atoms with Crippen molar-refractivity contribution in [3.05, 3.63) is 36.9 Å². The average Bonchev–Trinajstić information content (AvgIpc) is 3.02. The summed E-state index contributed by atoms with van der Waals surface area (Å²) < 4.78 is 30.6. The van der Waals surface area contributed by atoms with Crippen LogP contribution in [0.15, 0.2) is 36.9 Å². The number of hydrogen-bond donors (Lipinski definition) is 1. The van der Waals surface area contributed by atoms with E-state index in [9.17, 15) is 8.42 Å². The van der Waals surface area contributed by atoms with E-state index in [0.29, 0.717) is 24.7 Å². The fraction of sp³-hybridized carbons (Fsp3) is 0.429. The Balaban J connectivity index is 1.72. The smallest absolute Gasteiger partial charge is 0.271 e. The number of piperidine rings is 1. The summed E-state index contributed by atoms with van der Waals surface area (Å²) in [5.41, 5.74) is 1.37. The third-order valence-corrected chi connectivity index (χ3v) is 5.26. The Morgan fingerprint density at radius 2 is 2.05 bits per heavy atom. The molecular weight excluding hydrogens is 302 g/mol. The molecule has 0 bridgehead atoms. The van der Waals surface area contributed by atoms with Crippen molar-refractivity contribution >= 4 is 15.9 Å². The third-order valence-electron chi connectivity index (χ3n) is 3.76. The zero-order valence-corrected chi connectivity index (χ0v) is 13.2. The summed E-state index contributed by atoms with van der Waals surface area (Å²) in [4.78, 5) is 3.88. The molecule has 2 heterocycles. The summed E-state index contributed by atoms with van der Waals surface area (Å²) in [5, 5.41) is 4.03. The van der Waals surface area contributed by atoms with Crippen molar-refractivity contribution in [1.29, 1.82) is 0 Å². The Bertz CT molecular complexity index is 712. The fourth-order valence-electron chi connectivity index (χ4n) is 2.60. The molecule has 1 N–H and O–H groups in total. The van der Waals surface area contributed by atoms with Crippen molar-refractivity contribution in [2.45, 2.75) is 19.8 Å². The van der Waals surface area contributed by atoms with Crippen LogP contribution in [0, 0.1) is 5.92 Å². The second-order valence-corrected chi connectivity index (χ2v) is 7.27. The molecule has 1 aromatic heterocycles. The van der Waals surface area contributed by atoms with Crippen LogP contribution in [0.25, 0.3) is 5.69 Å². The lowest BCUT2D eigenvalue weighted by Gasteiger charge is -2.30. The molecule has 2 aromatic rings. The minimum atomic E-state index is -3.49. The van der Waals surface area contributed by atoms with E-state index >= 15 is 0 Å². The maximum Gasteiger partial charge on any atom is 0.301 e. The van der Waals surface area contributed by atoms with E-state index in [-0.39, 0.29) is 0 Å². The van der Waals surface area contributed by atoms with Crippen LogP contribution in [0.4, 0.5) is 5.69 Å². The molecule has 22 heavy (non-hydrogen) atoms. The van der Waals surface area contributed by atoms with Gasteiger partial charge in [-0.05, 0) is 43.0 Å². The first-order valence-corrected chi connectivity index (χ1v) is 8.71. The van der Waals surface area contributed by atoms with Gasteiger partial charge in [-0.2, -0.15) is 17.8 Å². The minimum Gasteiger partial charge on any atom is -0.271 e. The number of hydrogen-bond acceptors (Lipinski definition) is 4. The van der Waals surface area contributed by atoms with Gasteiger partial charge in [0.15, 0.2) is 0 Å². The quantitative estimate of drug-likeness (QED) is 0.928. The molecular formula is C14H19N5O2S. The fourth-order valence-corrected chi connectivity index (χ4v) is 3.99. The van der Waals surface area contributed by atoms with Gasteiger partial charge >= 0.3 is 10.2 Å². The molecule has 118 valence electrons. The van der Waals surface area contributed by atoms with Gasteiger partial charge in [0.2, 0.25) is 0 Å². The van der Waals surface area contributed by atoms with Gasteiger partial charge in [-0.3, -0.25) is 4.72 Å². The van der Waals surface area contributed by atoms with E-state index in [4.69, 9.17) is 0 Å². The van der Waals surface area contributed by atoms with Gasteiger partial charge in [-0.1, -0.05) is 6.92 Å². The summed E-state index contributed by atoms with van der Waals surface area (Å²) in [7, 11) is -3.49. The first kappa shape index (κ1) is 15.0. The standard InChI is InChI=1S/C14H19N5O2S/c1-12-3-2-8-18(9-12)22(20,21)17-13-4-6-14(7-5-13)19-11-15-10-16-19/h4-7,10-12,17H,2-3,8-9H2,1H3/t12-/m0/s1. The summed E-state index contributed by atoms with van der Waals surface area (Å²) in [6, 6.07) is 7.04. The predicted molar refractivity (Wildman–Crippen MR) is 83.9 cm³/mol. The van der Waals surface area contributed by atoms with Crippen molar-refractivity contribution < 1.29 is 8.42 Å². The second-order valence-electron chi connectivity index (χ2n) is 5.60. The van der Waals surface area contributed by atoms with Crippen LogP contribution >= 0.6 is 0 Å². The monoisotopic (exact) mass is 321 g/mol. The van der Waals surface area contributed by atoms with E-state index in [0.717, 1.165) is 18.5 Å². The van der Waals surface area contributed by atoms with Crippen LogP contribution in [-0.2, 0) is 10.2 Å². The minimum absolute atomic E-state index is 0.403. The van der Waals surface area contributed by atoms with Gasteiger partial charge in [-0.15, -0.1) is 0 Å². The lowest BCUT2D eigenvalue weighted by atomic mass is 10.0. The van der Waals surface area contributed by atoms with Crippen LogP contribution < -0.4 is 4.72 Å². The number of anilines is 1. The van der Waals surface area contributed by atoms with Gasteiger partial charge in [0.25, 0.3) is 0 Å². The van der Waals surface area contributed by atoms with Crippen LogP contribution in [0.5, 0.6) is 0 Å². The molecule has 0 amide bonds. The van der Waals surface area contributed by atoms with E-state index in [1.54, 1.807) is 35.3 Å². The number of rotatable bonds is 4. The van der Waals surface area contributed by atoms with Crippen molar-refractivity contribution in [3.63, 3.8) is 0 Å². The maximum atomic E-state index is 12.4. The van der Waals surface area contributed by atoms with E-state index < -0.39 is 10.2 Å². The molecule has 1 fully saturated rings. The molecule has 3 rings (SSSR count). The Hall–Kier alpha value is -1.93. The molecule has 1 aromatic carbocycles. The first-order chi connectivity index (χ1) is 10.5. The number of aromatic nitrogens is 3. The van der Waals surface area contributed by atoms with Crippen molar-refractivity contribution in [2.75, 3.05) is 17.8 Å². The highest BCUT2D eigenvalue weighted by molar-refractivity contribution is 7.90. The normalized spacial score (nSPS) is 20.0. The SMILES string of the molecule is C[C@H]1CCCN(S(=O)(=O)Nc2ccc(-n3cncn3)cc2)C1. The van der Waals surface area contributed by atoms with Gasteiger partial charge in [0.1, 0.15) is 12.7 Å². The Labute approximate surface area is 130 Å². The van der Waals surface area contributed by atoms with E-state index in [1.807, 2.05) is 0 Å². The molecule has 7 nitrogen and oxygen atoms in total. The highest BCUT2D eigenvalue weighted by Gasteiger charge is 2.26. The van der Waals surface area contributed by atoms with Gasteiger partial charge in [0, 0.05) is 18.8 Å². The molecule has 0 aliphatic carbocycles. The van der Waals surface area contributed by atoms with Crippen LogP contribution in [0.3, 0.4) is 0 Å². The van der Waals surface area contributed by atoms with Gasteiger partial charge in [-0.25, -0.2) is 9.67 Å². The van der Waals surface area contributed by atoms with Crippen LogP contribution in [-0.4, -0.2) is 40.6 Å². The second kappa shape index (κ2) is 6.05. The Morgan fingerprint density at radius 1 is 1.27 bits per heavy atom. The molecule has 1 atom stereocenters. The lowest BCUT2D eigenvalue weighted by Crippen LogP contribution is -2.42. The largest absolute Gasteiger partial charge is 0.301 e. The van der Waals surface area contributed by atoms with E-state index in [2.05, 4.69) is 21.7 Å². The van der Waals surface area contributed by atoms with Gasteiger partial charge < -0.3 is 0 Å². The first-order valence-electron chi connectivity index (χ1n) is 7.27. The average molecular weight is 321 g/mol. The van der Waals surface area contributed by atoms with Crippen molar-refractivity contribution in [1.82, 2.24) is 19.1 Å². The lowest BCUT2D eigenvalue weighted by molar-refractivity contribution is 0.282. The van der Waals surface area contributed by atoms with Crippen molar-refractivity contribution in [3.8, 4) is 5.69 Å².